The maximum absolute atomic E-state index is 12.5. The van der Waals surface area contributed by atoms with Crippen LogP contribution in [-0.4, -0.2) is 41.8 Å². The van der Waals surface area contributed by atoms with Crippen LogP contribution in [0.3, 0.4) is 0 Å². The van der Waals surface area contributed by atoms with Gasteiger partial charge in [0.25, 0.3) is 0 Å². The first kappa shape index (κ1) is 16.6. The van der Waals surface area contributed by atoms with E-state index in [-0.39, 0.29) is 12.1 Å². The van der Waals surface area contributed by atoms with E-state index in [4.69, 9.17) is 4.74 Å². The summed E-state index contributed by atoms with van der Waals surface area (Å²) in [6.07, 6.45) is 7.48. The number of nitrogens with zero attached hydrogens (tertiary/aromatic N) is 2. The van der Waals surface area contributed by atoms with Gasteiger partial charge in [-0.3, -0.25) is 0 Å². The molecule has 128 valence electrons. The lowest BCUT2D eigenvalue weighted by Crippen LogP contribution is -2.39. The third-order valence-corrected chi connectivity index (χ3v) is 4.53. The van der Waals surface area contributed by atoms with Crippen LogP contribution in [0.4, 0.5) is 10.5 Å². The Bertz CT molecular complexity index is 676. The number of rotatable bonds is 4. The minimum atomic E-state index is -0.100. The summed E-state index contributed by atoms with van der Waals surface area (Å²) in [5.74, 6) is 0. The average molecular weight is 327 g/mol. The number of carbonyl (C=O) groups is 1. The van der Waals surface area contributed by atoms with Crippen molar-refractivity contribution >= 4 is 11.7 Å². The van der Waals surface area contributed by atoms with E-state index < -0.39 is 0 Å². The number of ether oxygens (including phenoxy) is 1. The van der Waals surface area contributed by atoms with Crippen molar-refractivity contribution in [1.29, 1.82) is 0 Å². The summed E-state index contributed by atoms with van der Waals surface area (Å²) < 4.78 is 7.76. The number of anilines is 1. The monoisotopic (exact) mass is 327 g/mol. The Hall–Kier alpha value is -2.27. The third-order valence-electron chi connectivity index (χ3n) is 4.53. The van der Waals surface area contributed by atoms with Crippen LogP contribution in [-0.2, 0) is 4.74 Å². The number of hydrogen-bond acceptors (Lipinski definition) is 2. The molecule has 0 aliphatic carbocycles. The molecule has 1 aromatic carbocycles. The molecule has 5 heteroatoms. The zero-order chi connectivity index (χ0) is 16.9. The van der Waals surface area contributed by atoms with E-state index in [0.29, 0.717) is 6.54 Å². The van der Waals surface area contributed by atoms with Gasteiger partial charge in [-0.05, 0) is 56.0 Å². The van der Waals surface area contributed by atoms with Gasteiger partial charge in [-0.15, -0.1) is 0 Å². The number of aromatic nitrogens is 1. The fourth-order valence-corrected chi connectivity index (χ4v) is 3.08. The van der Waals surface area contributed by atoms with Crippen molar-refractivity contribution in [2.45, 2.75) is 32.3 Å². The van der Waals surface area contributed by atoms with E-state index in [9.17, 15) is 4.79 Å². The van der Waals surface area contributed by atoms with Crippen LogP contribution in [0.1, 0.15) is 24.8 Å². The molecule has 0 radical (unpaired) electrons. The summed E-state index contributed by atoms with van der Waals surface area (Å²) in [5.41, 5.74) is 2.95. The zero-order valence-electron chi connectivity index (χ0n) is 14.4. The Morgan fingerprint density at radius 2 is 2.08 bits per heavy atom. The number of benzene rings is 1. The van der Waals surface area contributed by atoms with E-state index in [1.807, 2.05) is 61.3 Å². The van der Waals surface area contributed by atoms with Crippen molar-refractivity contribution in [2.75, 3.05) is 25.5 Å². The molecule has 1 aromatic heterocycles. The average Bonchev–Trinajstić information content (AvgIpc) is 3.12. The summed E-state index contributed by atoms with van der Waals surface area (Å²) in [6, 6.07) is 9.82. The van der Waals surface area contributed by atoms with Crippen molar-refractivity contribution in [1.82, 2.24) is 9.47 Å². The molecule has 1 saturated heterocycles. The van der Waals surface area contributed by atoms with Gasteiger partial charge in [0, 0.05) is 44.0 Å². The van der Waals surface area contributed by atoms with E-state index >= 15 is 0 Å². The predicted molar refractivity (Wildman–Crippen MR) is 95.7 cm³/mol. The van der Waals surface area contributed by atoms with Gasteiger partial charge < -0.3 is 19.5 Å². The smallest absolute Gasteiger partial charge is 0.321 e. The first-order valence-corrected chi connectivity index (χ1v) is 8.52. The summed E-state index contributed by atoms with van der Waals surface area (Å²) in [4.78, 5) is 14.2. The number of likely N-dealkylation sites (N-methyl/N-ethyl adjacent to an activating group) is 1. The molecule has 1 atom stereocenters. The Morgan fingerprint density at radius 1 is 1.29 bits per heavy atom. The second-order valence-electron chi connectivity index (χ2n) is 6.34. The van der Waals surface area contributed by atoms with Crippen LogP contribution in [0.25, 0.3) is 5.69 Å². The first-order chi connectivity index (χ1) is 11.6. The molecule has 1 fully saturated rings. The van der Waals surface area contributed by atoms with Crippen LogP contribution in [0.2, 0.25) is 0 Å². The van der Waals surface area contributed by atoms with Gasteiger partial charge in [-0.2, -0.15) is 0 Å². The molecular weight excluding hydrogens is 302 g/mol. The van der Waals surface area contributed by atoms with E-state index in [1.54, 1.807) is 4.90 Å². The number of hydrogen-bond donors (Lipinski definition) is 1. The summed E-state index contributed by atoms with van der Waals surface area (Å²) >= 11 is 0. The van der Waals surface area contributed by atoms with Crippen LogP contribution in [0.15, 0.2) is 42.7 Å². The highest BCUT2D eigenvalue weighted by Crippen LogP contribution is 2.23. The molecule has 3 rings (SSSR count). The van der Waals surface area contributed by atoms with E-state index in [2.05, 4.69) is 5.32 Å². The maximum atomic E-state index is 12.5. The largest absolute Gasteiger partial charge is 0.376 e. The highest BCUT2D eigenvalue weighted by molar-refractivity contribution is 5.90. The minimum absolute atomic E-state index is 0.100. The van der Waals surface area contributed by atoms with Crippen molar-refractivity contribution in [3.63, 3.8) is 0 Å². The van der Waals surface area contributed by atoms with Gasteiger partial charge in [-0.1, -0.05) is 6.07 Å². The molecule has 24 heavy (non-hydrogen) atoms. The molecule has 1 aliphatic rings. The van der Waals surface area contributed by atoms with Crippen LogP contribution >= 0.6 is 0 Å². The number of carbonyl (C=O) groups excluding carboxylic acids is 1. The Morgan fingerprint density at radius 3 is 2.79 bits per heavy atom. The van der Waals surface area contributed by atoms with Gasteiger partial charge in [0.2, 0.25) is 0 Å². The zero-order valence-corrected chi connectivity index (χ0v) is 14.4. The minimum Gasteiger partial charge on any atom is -0.376 e. The molecule has 2 amide bonds. The quantitative estimate of drug-likeness (QED) is 0.928. The van der Waals surface area contributed by atoms with Gasteiger partial charge in [0.1, 0.15) is 0 Å². The second kappa shape index (κ2) is 7.53. The van der Waals surface area contributed by atoms with E-state index in [0.717, 1.165) is 36.4 Å². The fraction of sp³-hybridized carbons (Fsp3) is 0.421. The number of nitrogens with one attached hydrogen (secondary N) is 1. The summed E-state index contributed by atoms with van der Waals surface area (Å²) in [6.45, 7) is 3.45. The molecule has 0 spiro atoms. The van der Waals surface area contributed by atoms with E-state index in [1.165, 1.54) is 6.42 Å². The Kier molecular flexibility index (Phi) is 5.20. The number of urea groups is 1. The molecular formula is C19H25N3O2. The predicted octanol–water partition coefficient (Wildman–Crippen LogP) is 3.82. The third kappa shape index (κ3) is 3.79. The van der Waals surface area contributed by atoms with Crippen molar-refractivity contribution < 1.29 is 9.53 Å². The van der Waals surface area contributed by atoms with Crippen molar-refractivity contribution in [3.8, 4) is 5.69 Å². The Balaban J connectivity index is 1.66. The number of amides is 2. The normalized spacial score (nSPS) is 17.5. The molecule has 2 aromatic rings. The van der Waals surface area contributed by atoms with Gasteiger partial charge in [0.15, 0.2) is 0 Å². The fourth-order valence-electron chi connectivity index (χ4n) is 3.08. The highest BCUT2D eigenvalue weighted by atomic mass is 16.5. The summed E-state index contributed by atoms with van der Waals surface area (Å²) in [5, 5.41) is 3.02. The lowest BCUT2D eigenvalue weighted by atomic mass is 10.1. The maximum Gasteiger partial charge on any atom is 0.321 e. The first-order valence-electron chi connectivity index (χ1n) is 8.52. The lowest BCUT2D eigenvalue weighted by Gasteiger charge is -2.27. The van der Waals surface area contributed by atoms with Crippen molar-refractivity contribution in [2.24, 2.45) is 0 Å². The summed E-state index contributed by atoms with van der Waals surface area (Å²) in [7, 11) is 1.82. The van der Waals surface area contributed by atoms with Crippen LogP contribution in [0, 0.1) is 6.92 Å². The molecule has 0 saturated carbocycles. The van der Waals surface area contributed by atoms with Crippen LogP contribution in [0.5, 0.6) is 0 Å². The van der Waals surface area contributed by atoms with Gasteiger partial charge in [-0.25, -0.2) is 4.79 Å². The molecule has 5 nitrogen and oxygen atoms in total. The topological polar surface area (TPSA) is 46.5 Å². The van der Waals surface area contributed by atoms with Crippen LogP contribution < -0.4 is 5.32 Å². The molecule has 1 aliphatic heterocycles. The molecule has 2 heterocycles. The molecule has 1 N–H and O–H groups in total. The van der Waals surface area contributed by atoms with Gasteiger partial charge in [0.05, 0.1) is 6.10 Å². The standard InChI is InChI=1S/C19H25N3O2/c1-15-17(9-7-10-18(15)22-11-4-5-12-22)20-19(23)21(2)14-16-8-3-6-13-24-16/h4-5,7,9-12,16H,3,6,8,13-14H2,1-2H3,(H,20,23). The molecule has 1 unspecified atom stereocenters. The SMILES string of the molecule is Cc1c(NC(=O)N(C)CC2CCCCO2)cccc1-n1cccc1. The lowest BCUT2D eigenvalue weighted by molar-refractivity contribution is 0.00463. The highest BCUT2D eigenvalue weighted by Gasteiger charge is 2.19. The van der Waals surface area contributed by atoms with Gasteiger partial charge >= 0.3 is 6.03 Å². The Labute approximate surface area is 143 Å². The van der Waals surface area contributed by atoms with Crippen molar-refractivity contribution in [3.05, 3.63) is 48.3 Å². The second-order valence-corrected chi connectivity index (χ2v) is 6.34. The molecule has 0 bridgehead atoms.